The van der Waals surface area contributed by atoms with E-state index in [1.54, 1.807) is 19.2 Å². The first-order valence-corrected chi connectivity index (χ1v) is 7.46. The predicted molar refractivity (Wildman–Crippen MR) is 69.4 cm³/mol. The molecule has 0 saturated carbocycles. The van der Waals surface area contributed by atoms with Gasteiger partial charge >= 0.3 is 0 Å². The van der Waals surface area contributed by atoms with Crippen molar-refractivity contribution in [3.63, 3.8) is 0 Å². The van der Waals surface area contributed by atoms with Crippen LogP contribution < -0.4 is 5.32 Å². The summed E-state index contributed by atoms with van der Waals surface area (Å²) in [6.07, 6.45) is 1.70. The van der Waals surface area contributed by atoms with E-state index >= 15 is 0 Å². The summed E-state index contributed by atoms with van der Waals surface area (Å²) in [4.78, 5) is 10.0. The van der Waals surface area contributed by atoms with Crippen LogP contribution in [0.5, 0.6) is 0 Å². The third-order valence-corrected chi connectivity index (χ3v) is 3.55. The van der Waals surface area contributed by atoms with Crippen molar-refractivity contribution >= 4 is 15.5 Å². The van der Waals surface area contributed by atoms with E-state index < -0.39 is 14.8 Å². The second-order valence-electron chi connectivity index (χ2n) is 4.21. The van der Waals surface area contributed by atoms with Gasteiger partial charge in [-0.25, -0.2) is 8.42 Å². The van der Waals surface area contributed by atoms with Gasteiger partial charge in [-0.05, 0) is 19.0 Å². The van der Waals surface area contributed by atoms with Gasteiger partial charge in [0.25, 0.3) is 5.69 Å². The van der Waals surface area contributed by atoms with Crippen molar-refractivity contribution in [2.45, 2.75) is 12.5 Å². The Bertz CT molecular complexity index is 510. The second kappa shape index (κ2) is 5.92. The number of non-ortho nitro benzene ring substituents is 1. The number of nitro groups is 1. The molecule has 100 valence electrons. The first-order valence-electron chi connectivity index (χ1n) is 5.40. The molecule has 0 aliphatic carbocycles. The van der Waals surface area contributed by atoms with Gasteiger partial charge in [0.15, 0.2) is 0 Å². The molecule has 6 nitrogen and oxygen atoms in total. The molecule has 1 rings (SSSR count). The molecule has 0 aliphatic heterocycles. The molecule has 0 radical (unpaired) electrons. The molecule has 1 unspecified atom stereocenters. The molecule has 0 heterocycles. The zero-order chi connectivity index (χ0) is 13.8. The fourth-order valence-electron chi connectivity index (χ4n) is 1.65. The largest absolute Gasteiger partial charge is 0.316 e. The smallest absolute Gasteiger partial charge is 0.269 e. The molecule has 1 aromatic carbocycles. The third-order valence-electron chi connectivity index (χ3n) is 2.54. The lowest BCUT2D eigenvalue weighted by atomic mass is 10.1. The van der Waals surface area contributed by atoms with Crippen LogP contribution in [0.25, 0.3) is 0 Å². The van der Waals surface area contributed by atoms with Crippen LogP contribution in [0.2, 0.25) is 0 Å². The minimum atomic E-state index is -3.05. The molecule has 0 fully saturated rings. The van der Waals surface area contributed by atoms with Crippen molar-refractivity contribution in [1.29, 1.82) is 0 Å². The lowest BCUT2D eigenvalue weighted by Crippen LogP contribution is -2.34. The van der Waals surface area contributed by atoms with E-state index in [0.717, 1.165) is 5.56 Å². The van der Waals surface area contributed by atoms with E-state index in [9.17, 15) is 18.5 Å². The van der Waals surface area contributed by atoms with E-state index in [1.165, 1.54) is 18.4 Å². The Kier molecular flexibility index (Phi) is 4.80. The van der Waals surface area contributed by atoms with E-state index in [0.29, 0.717) is 6.42 Å². The second-order valence-corrected chi connectivity index (χ2v) is 6.39. The van der Waals surface area contributed by atoms with E-state index in [2.05, 4.69) is 5.32 Å². The lowest BCUT2D eigenvalue weighted by Gasteiger charge is -2.14. The molecule has 18 heavy (non-hydrogen) atoms. The maximum absolute atomic E-state index is 11.2. The number of hydrogen-bond donors (Lipinski definition) is 1. The average Bonchev–Trinajstić information content (AvgIpc) is 2.27. The first-order chi connectivity index (χ1) is 8.31. The van der Waals surface area contributed by atoms with Crippen molar-refractivity contribution < 1.29 is 13.3 Å². The van der Waals surface area contributed by atoms with Crippen molar-refractivity contribution in [2.24, 2.45) is 0 Å². The fraction of sp³-hybridized carbons (Fsp3) is 0.455. The topological polar surface area (TPSA) is 89.3 Å². The highest BCUT2D eigenvalue weighted by Crippen LogP contribution is 2.13. The highest BCUT2D eigenvalue weighted by molar-refractivity contribution is 7.90. The zero-order valence-corrected chi connectivity index (χ0v) is 11.1. The molecule has 1 N–H and O–H groups in total. The molecule has 0 saturated heterocycles. The molecule has 7 heteroatoms. The minimum Gasteiger partial charge on any atom is -0.316 e. The highest BCUT2D eigenvalue weighted by Gasteiger charge is 2.14. The lowest BCUT2D eigenvalue weighted by molar-refractivity contribution is -0.384. The number of likely N-dealkylation sites (N-methyl/N-ethyl adjacent to an activating group) is 1. The predicted octanol–water partition coefficient (Wildman–Crippen LogP) is 0.770. The summed E-state index contributed by atoms with van der Waals surface area (Å²) in [5, 5.41) is 13.4. The maximum atomic E-state index is 11.2. The van der Waals surface area contributed by atoms with Gasteiger partial charge in [0.1, 0.15) is 9.84 Å². The molecular weight excluding hydrogens is 256 g/mol. The van der Waals surface area contributed by atoms with Gasteiger partial charge < -0.3 is 5.32 Å². The molecule has 0 spiro atoms. The van der Waals surface area contributed by atoms with E-state index in [4.69, 9.17) is 0 Å². The van der Waals surface area contributed by atoms with Crippen LogP contribution in [-0.4, -0.2) is 38.4 Å². The number of nitrogens with one attached hydrogen (secondary N) is 1. The molecular formula is C11H16N2O4S. The van der Waals surface area contributed by atoms with Gasteiger partial charge in [-0.1, -0.05) is 12.1 Å². The van der Waals surface area contributed by atoms with E-state index in [1.807, 2.05) is 0 Å². The third kappa shape index (κ3) is 4.80. The minimum absolute atomic E-state index is 0.0304. The summed E-state index contributed by atoms with van der Waals surface area (Å²) < 4.78 is 22.4. The number of sulfone groups is 1. The van der Waals surface area contributed by atoms with Gasteiger partial charge in [-0.3, -0.25) is 10.1 Å². The van der Waals surface area contributed by atoms with Crippen LogP contribution in [-0.2, 0) is 16.3 Å². The SMILES string of the molecule is CNC(Cc1ccc([N+](=O)[O-])cc1)CS(C)(=O)=O. The van der Waals surface area contributed by atoms with Crippen molar-refractivity contribution in [1.82, 2.24) is 5.32 Å². The van der Waals surface area contributed by atoms with Gasteiger partial charge in [-0.15, -0.1) is 0 Å². The molecule has 0 aliphatic rings. The summed E-state index contributed by atoms with van der Waals surface area (Å²) in [7, 11) is -1.35. The monoisotopic (exact) mass is 272 g/mol. The quantitative estimate of drug-likeness (QED) is 0.610. The van der Waals surface area contributed by atoms with Gasteiger partial charge in [0, 0.05) is 24.4 Å². The Balaban J connectivity index is 2.73. The Hall–Kier alpha value is -1.47. The van der Waals surface area contributed by atoms with E-state index in [-0.39, 0.29) is 17.5 Å². The Morgan fingerprint density at radius 1 is 1.33 bits per heavy atom. The number of rotatable bonds is 6. The van der Waals surface area contributed by atoms with Crippen molar-refractivity contribution in [2.75, 3.05) is 19.1 Å². The maximum Gasteiger partial charge on any atom is 0.269 e. The number of hydrogen-bond acceptors (Lipinski definition) is 5. The van der Waals surface area contributed by atoms with Crippen molar-refractivity contribution in [3.05, 3.63) is 39.9 Å². The zero-order valence-electron chi connectivity index (χ0n) is 10.3. The molecule has 1 aromatic rings. The standard InChI is InChI=1S/C11H16N2O4S/c1-12-10(8-18(2,16)17)7-9-3-5-11(6-4-9)13(14)15/h3-6,10,12H,7-8H2,1-2H3. The van der Waals surface area contributed by atoms with Crippen LogP contribution in [0, 0.1) is 10.1 Å². The number of nitrogens with zero attached hydrogens (tertiary/aromatic N) is 1. The van der Waals surface area contributed by atoms with Crippen LogP contribution in [0.3, 0.4) is 0 Å². The van der Waals surface area contributed by atoms with Gasteiger partial charge in [0.05, 0.1) is 10.7 Å². The molecule has 1 atom stereocenters. The van der Waals surface area contributed by atoms with Crippen molar-refractivity contribution in [3.8, 4) is 0 Å². The summed E-state index contributed by atoms with van der Waals surface area (Å²) in [6, 6.07) is 5.93. The molecule has 0 aromatic heterocycles. The summed E-state index contributed by atoms with van der Waals surface area (Å²) >= 11 is 0. The van der Waals surface area contributed by atoms with Crippen LogP contribution >= 0.6 is 0 Å². The number of benzene rings is 1. The first kappa shape index (κ1) is 14.6. The van der Waals surface area contributed by atoms with Crippen LogP contribution in [0.4, 0.5) is 5.69 Å². The van der Waals surface area contributed by atoms with Crippen LogP contribution in [0.1, 0.15) is 5.56 Å². The Morgan fingerprint density at radius 2 is 1.89 bits per heavy atom. The van der Waals surface area contributed by atoms with Gasteiger partial charge in [0.2, 0.25) is 0 Å². The summed E-state index contributed by atoms with van der Waals surface area (Å²) in [5.74, 6) is 0.0422. The average molecular weight is 272 g/mol. The summed E-state index contributed by atoms with van der Waals surface area (Å²) in [5.41, 5.74) is 0.895. The van der Waals surface area contributed by atoms with Gasteiger partial charge in [-0.2, -0.15) is 0 Å². The Morgan fingerprint density at radius 3 is 2.28 bits per heavy atom. The normalized spacial score (nSPS) is 13.2. The fourth-order valence-corrected chi connectivity index (χ4v) is 2.66. The molecule has 0 bridgehead atoms. The Labute approximate surface area is 106 Å². The molecule has 0 amide bonds. The summed E-state index contributed by atoms with van der Waals surface area (Å²) in [6.45, 7) is 0. The number of nitro benzene ring substituents is 1. The highest BCUT2D eigenvalue weighted by atomic mass is 32.2. The van der Waals surface area contributed by atoms with Crippen LogP contribution in [0.15, 0.2) is 24.3 Å².